The number of hydrogen-bond acceptors (Lipinski definition) is 4. The average molecular weight is 263 g/mol. The Kier molecular flexibility index (Phi) is 3.32. The minimum atomic E-state index is -0.531. The molecule has 0 aliphatic carbocycles. The first-order chi connectivity index (χ1) is 9.00. The second-order valence-electron chi connectivity index (χ2n) is 4.10. The van der Waals surface area contributed by atoms with E-state index in [1.54, 1.807) is 6.20 Å². The van der Waals surface area contributed by atoms with Crippen molar-refractivity contribution in [2.24, 2.45) is 7.05 Å². The molecular formula is C11H13N5O3. The van der Waals surface area contributed by atoms with Gasteiger partial charge in [0.25, 0.3) is 5.91 Å². The lowest BCUT2D eigenvalue weighted by atomic mass is 10.2. The molecule has 2 aromatic heterocycles. The van der Waals surface area contributed by atoms with Gasteiger partial charge in [-0.2, -0.15) is 5.10 Å². The van der Waals surface area contributed by atoms with Crippen molar-refractivity contribution in [3.05, 3.63) is 45.4 Å². The van der Waals surface area contributed by atoms with Gasteiger partial charge in [0.05, 0.1) is 13.2 Å². The highest BCUT2D eigenvalue weighted by molar-refractivity contribution is 5.93. The van der Waals surface area contributed by atoms with Crippen LogP contribution in [0.4, 0.5) is 5.82 Å². The van der Waals surface area contributed by atoms with Crippen LogP contribution in [0.3, 0.4) is 0 Å². The molecule has 8 heteroatoms. The lowest BCUT2D eigenvalue weighted by molar-refractivity contribution is -0.391. The minimum absolute atomic E-state index is 0.121. The van der Waals surface area contributed by atoms with E-state index in [0.717, 1.165) is 11.3 Å². The van der Waals surface area contributed by atoms with E-state index in [2.05, 4.69) is 15.5 Å². The van der Waals surface area contributed by atoms with Crippen LogP contribution in [0, 0.1) is 17.0 Å². The third kappa shape index (κ3) is 2.46. The molecular weight excluding hydrogens is 250 g/mol. The van der Waals surface area contributed by atoms with Crippen molar-refractivity contribution in [3.8, 4) is 0 Å². The van der Waals surface area contributed by atoms with Gasteiger partial charge in [-0.25, -0.2) is 4.57 Å². The van der Waals surface area contributed by atoms with Crippen LogP contribution in [-0.4, -0.2) is 25.6 Å². The molecule has 100 valence electrons. The maximum absolute atomic E-state index is 11.9. The highest BCUT2D eigenvalue weighted by Gasteiger charge is 2.20. The Labute approximate surface area is 108 Å². The molecule has 0 aliphatic rings. The Bertz CT molecular complexity index is 628. The van der Waals surface area contributed by atoms with Gasteiger partial charge in [0.2, 0.25) is 0 Å². The molecule has 0 saturated carbocycles. The van der Waals surface area contributed by atoms with Crippen LogP contribution in [0.5, 0.6) is 0 Å². The number of H-pyrrole nitrogens is 1. The topological polar surface area (TPSA) is 106 Å². The third-order valence-corrected chi connectivity index (χ3v) is 2.89. The number of rotatable bonds is 4. The summed E-state index contributed by atoms with van der Waals surface area (Å²) in [7, 11) is 1.48. The normalized spacial score (nSPS) is 10.4. The zero-order valence-corrected chi connectivity index (χ0v) is 10.5. The zero-order valence-electron chi connectivity index (χ0n) is 10.5. The van der Waals surface area contributed by atoms with Crippen molar-refractivity contribution in [1.29, 1.82) is 0 Å². The summed E-state index contributed by atoms with van der Waals surface area (Å²) in [6, 6.07) is 2.73. The number of nitrogens with one attached hydrogen (secondary N) is 2. The van der Waals surface area contributed by atoms with Gasteiger partial charge in [0.15, 0.2) is 5.69 Å². The Morgan fingerprint density at radius 2 is 2.32 bits per heavy atom. The third-order valence-electron chi connectivity index (χ3n) is 2.89. The van der Waals surface area contributed by atoms with Crippen LogP contribution >= 0.6 is 0 Å². The Morgan fingerprint density at radius 1 is 1.58 bits per heavy atom. The van der Waals surface area contributed by atoms with E-state index in [4.69, 9.17) is 0 Å². The average Bonchev–Trinajstić information content (AvgIpc) is 2.92. The molecule has 19 heavy (non-hydrogen) atoms. The van der Waals surface area contributed by atoms with Gasteiger partial charge in [-0.15, -0.1) is 0 Å². The summed E-state index contributed by atoms with van der Waals surface area (Å²) < 4.78 is 1.25. The van der Waals surface area contributed by atoms with Crippen molar-refractivity contribution in [1.82, 2.24) is 20.1 Å². The van der Waals surface area contributed by atoms with Crippen LogP contribution in [0.1, 0.15) is 21.7 Å². The lowest BCUT2D eigenvalue weighted by Gasteiger charge is -2.03. The largest absolute Gasteiger partial charge is 0.358 e. The number of nitro groups is 1. The monoisotopic (exact) mass is 263 g/mol. The molecule has 2 aromatic rings. The first-order valence-electron chi connectivity index (χ1n) is 5.58. The van der Waals surface area contributed by atoms with E-state index in [1.807, 2.05) is 6.92 Å². The number of carbonyl (C=O) groups excluding carboxylic acids is 1. The molecule has 2 heterocycles. The van der Waals surface area contributed by atoms with Gasteiger partial charge in [0.1, 0.15) is 0 Å². The standard InChI is InChI=1S/C11H13N5O3/c1-7-8(6-13-14-7)5-12-11(17)9-3-4-10(15(9)2)16(18)19/h3-4,6H,5H2,1-2H3,(H,12,17)(H,13,14). The summed E-state index contributed by atoms with van der Waals surface area (Å²) >= 11 is 0. The van der Waals surface area contributed by atoms with Crippen molar-refractivity contribution in [2.75, 3.05) is 0 Å². The van der Waals surface area contributed by atoms with Crippen LogP contribution in [0.2, 0.25) is 0 Å². The van der Waals surface area contributed by atoms with E-state index in [9.17, 15) is 14.9 Å². The molecule has 0 fully saturated rings. The van der Waals surface area contributed by atoms with Crippen molar-refractivity contribution < 1.29 is 9.72 Å². The summed E-state index contributed by atoms with van der Waals surface area (Å²) in [5.41, 5.74) is 1.99. The fourth-order valence-corrected chi connectivity index (χ4v) is 1.73. The SMILES string of the molecule is Cc1[nH]ncc1CNC(=O)c1ccc([N+](=O)[O-])n1C. The number of nitrogens with zero attached hydrogens (tertiary/aromatic N) is 3. The molecule has 0 radical (unpaired) electrons. The van der Waals surface area contributed by atoms with Gasteiger partial charge in [-0.3, -0.25) is 9.89 Å². The number of carbonyl (C=O) groups is 1. The van der Waals surface area contributed by atoms with Gasteiger partial charge in [-0.05, 0) is 17.9 Å². The molecule has 0 atom stereocenters. The summed E-state index contributed by atoms with van der Waals surface area (Å²) in [5.74, 6) is -0.485. The molecule has 0 spiro atoms. The Hall–Kier alpha value is -2.64. The number of aromatic amines is 1. The Morgan fingerprint density at radius 3 is 2.84 bits per heavy atom. The summed E-state index contributed by atoms with van der Waals surface area (Å²) in [5, 5.41) is 20.0. The second-order valence-corrected chi connectivity index (χ2v) is 4.10. The first kappa shape index (κ1) is 12.8. The number of hydrogen-bond donors (Lipinski definition) is 2. The summed E-state index contributed by atoms with van der Waals surface area (Å²) in [6.45, 7) is 2.17. The van der Waals surface area contributed by atoms with Crippen molar-refractivity contribution in [2.45, 2.75) is 13.5 Å². The van der Waals surface area contributed by atoms with Crippen molar-refractivity contribution >= 4 is 11.7 Å². The predicted molar refractivity (Wildman–Crippen MR) is 66.6 cm³/mol. The summed E-state index contributed by atoms with van der Waals surface area (Å²) in [6.07, 6.45) is 1.63. The molecule has 0 unspecified atom stereocenters. The highest BCUT2D eigenvalue weighted by atomic mass is 16.6. The molecule has 0 aliphatic heterocycles. The molecule has 0 aromatic carbocycles. The Balaban J connectivity index is 2.08. The van der Waals surface area contributed by atoms with E-state index >= 15 is 0 Å². The van der Waals surface area contributed by atoms with Gasteiger partial charge in [-0.1, -0.05) is 0 Å². The predicted octanol–water partition coefficient (Wildman–Crippen LogP) is 0.895. The van der Waals surface area contributed by atoms with Gasteiger partial charge in [0, 0.05) is 23.9 Å². The van der Waals surface area contributed by atoms with Crippen LogP contribution in [-0.2, 0) is 13.6 Å². The molecule has 2 N–H and O–H groups in total. The second kappa shape index (κ2) is 4.92. The van der Waals surface area contributed by atoms with E-state index < -0.39 is 4.92 Å². The smallest absolute Gasteiger partial charge is 0.323 e. The maximum Gasteiger partial charge on any atom is 0.323 e. The lowest BCUT2D eigenvalue weighted by Crippen LogP contribution is -2.25. The minimum Gasteiger partial charge on any atom is -0.358 e. The quantitative estimate of drug-likeness (QED) is 0.631. The molecule has 8 nitrogen and oxygen atoms in total. The molecule has 2 rings (SSSR count). The number of aromatic nitrogens is 3. The molecule has 0 saturated heterocycles. The van der Waals surface area contributed by atoms with Gasteiger partial charge < -0.3 is 15.4 Å². The van der Waals surface area contributed by atoms with E-state index in [1.165, 1.54) is 23.7 Å². The number of amides is 1. The van der Waals surface area contributed by atoms with Crippen LogP contribution in [0.15, 0.2) is 18.3 Å². The summed E-state index contributed by atoms with van der Waals surface area (Å²) in [4.78, 5) is 22.1. The van der Waals surface area contributed by atoms with E-state index in [0.29, 0.717) is 6.54 Å². The zero-order chi connectivity index (χ0) is 14.0. The van der Waals surface area contributed by atoms with E-state index in [-0.39, 0.29) is 17.4 Å². The first-order valence-corrected chi connectivity index (χ1v) is 5.58. The number of aryl methyl sites for hydroxylation is 1. The molecule has 1 amide bonds. The van der Waals surface area contributed by atoms with Crippen LogP contribution in [0.25, 0.3) is 0 Å². The molecule has 0 bridgehead atoms. The highest BCUT2D eigenvalue weighted by Crippen LogP contribution is 2.15. The van der Waals surface area contributed by atoms with Gasteiger partial charge >= 0.3 is 5.82 Å². The van der Waals surface area contributed by atoms with Crippen LogP contribution < -0.4 is 5.32 Å². The fraction of sp³-hybridized carbons (Fsp3) is 0.273. The fourth-order valence-electron chi connectivity index (χ4n) is 1.73. The maximum atomic E-state index is 11.9. The van der Waals surface area contributed by atoms with Crippen molar-refractivity contribution in [3.63, 3.8) is 0 Å².